The second kappa shape index (κ2) is 5.45. The topological polar surface area (TPSA) is 38.2 Å². The van der Waals surface area contributed by atoms with Crippen LogP contribution in [0.1, 0.15) is 51.6 Å². The van der Waals surface area contributed by atoms with Gasteiger partial charge in [0.25, 0.3) is 0 Å². The zero-order chi connectivity index (χ0) is 14.0. The molecule has 0 unspecified atom stereocenters. The van der Waals surface area contributed by atoms with Gasteiger partial charge in [-0.3, -0.25) is 0 Å². The van der Waals surface area contributed by atoms with Crippen molar-refractivity contribution in [1.82, 2.24) is 9.97 Å². The average molecular weight is 263 g/mol. The standard InChI is InChI=1S/C15H25N3O/c1-15(2,3)14-16-11(10-19-5)9-13(17-14)18(4)12-7-6-8-12/h9,12H,6-8,10H2,1-5H3. The van der Waals surface area contributed by atoms with Gasteiger partial charge in [-0.25, -0.2) is 9.97 Å². The van der Waals surface area contributed by atoms with Crippen LogP contribution >= 0.6 is 0 Å². The summed E-state index contributed by atoms with van der Waals surface area (Å²) in [6.07, 6.45) is 3.87. The van der Waals surface area contributed by atoms with Crippen molar-refractivity contribution in [2.45, 2.75) is 58.1 Å². The number of methoxy groups -OCH3 is 1. The lowest BCUT2D eigenvalue weighted by atomic mass is 9.92. The Kier molecular flexibility index (Phi) is 4.09. The van der Waals surface area contributed by atoms with Crippen LogP contribution in [0, 0.1) is 0 Å². The fourth-order valence-corrected chi connectivity index (χ4v) is 2.18. The Balaban J connectivity index is 2.33. The fraction of sp³-hybridized carbons (Fsp3) is 0.733. The molecule has 1 heterocycles. The molecule has 1 saturated carbocycles. The summed E-state index contributed by atoms with van der Waals surface area (Å²) >= 11 is 0. The zero-order valence-electron chi connectivity index (χ0n) is 12.7. The molecule has 4 heteroatoms. The first-order valence-electron chi connectivity index (χ1n) is 7.02. The lowest BCUT2D eigenvalue weighted by molar-refractivity contribution is 0.181. The van der Waals surface area contributed by atoms with Gasteiger partial charge in [0.15, 0.2) is 0 Å². The van der Waals surface area contributed by atoms with Crippen LogP contribution in [0.4, 0.5) is 5.82 Å². The molecule has 0 N–H and O–H groups in total. The maximum absolute atomic E-state index is 5.22. The molecule has 106 valence electrons. The van der Waals surface area contributed by atoms with E-state index in [1.54, 1.807) is 7.11 Å². The second-order valence-electron chi connectivity index (χ2n) is 6.42. The van der Waals surface area contributed by atoms with E-state index < -0.39 is 0 Å². The maximum Gasteiger partial charge on any atom is 0.136 e. The van der Waals surface area contributed by atoms with Crippen LogP contribution in [0.2, 0.25) is 0 Å². The highest BCUT2D eigenvalue weighted by molar-refractivity contribution is 5.41. The number of aromatic nitrogens is 2. The van der Waals surface area contributed by atoms with Crippen LogP contribution in [0.15, 0.2) is 6.07 Å². The molecule has 0 aromatic carbocycles. The summed E-state index contributed by atoms with van der Waals surface area (Å²) in [5.41, 5.74) is 0.919. The number of ether oxygens (including phenoxy) is 1. The molecular formula is C15H25N3O. The van der Waals surface area contributed by atoms with Gasteiger partial charge in [0, 0.05) is 31.7 Å². The van der Waals surface area contributed by atoms with Crippen molar-refractivity contribution in [2.24, 2.45) is 0 Å². The summed E-state index contributed by atoms with van der Waals surface area (Å²) in [6, 6.07) is 2.69. The predicted molar refractivity (Wildman–Crippen MR) is 77.5 cm³/mol. The number of anilines is 1. The Morgan fingerprint density at radius 2 is 2.00 bits per heavy atom. The molecule has 0 spiro atoms. The maximum atomic E-state index is 5.22. The van der Waals surface area contributed by atoms with Crippen molar-refractivity contribution < 1.29 is 4.74 Å². The lowest BCUT2D eigenvalue weighted by Gasteiger charge is -2.36. The van der Waals surface area contributed by atoms with Crippen molar-refractivity contribution in [1.29, 1.82) is 0 Å². The predicted octanol–water partition coefficient (Wildman–Crippen LogP) is 2.91. The molecule has 1 aliphatic rings. The molecule has 0 aliphatic heterocycles. The van der Waals surface area contributed by atoms with Crippen molar-refractivity contribution in [3.05, 3.63) is 17.6 Å². The highest BCUT2D eigenvalue weighted by atomic mass is 16.5. The summed E-state index contributed by atoms with van der Waals surface area (Å²) in [4.78, 5) is 11.7. The van der Waals surface area contributed by atoms with E-state index in [4.69, 9.17) is 9.72 Å². The zero-order valence-corrected chi connectivity index (χ0v) is 12.7. The normalized spacial score (nSPS) is 16.3. The van der Waals surface area contributed by atoms with E-state index in [0.717, 1.165) is 17.3 Å². The van der Waals surface area contributed by atoms with Gasteiger partial charge in [0.2, 0.25) is 0 Å². The smallest absolute Gasteiger partial charge is 0.136 e. The van der Waals surface area contributed by atoms with Crippen molar-refractivity contribution in [2.75, 3.05) is 19.1 Å². The first-order valence-corrected chi connectivity index (χ1v) is 7.02. The van der Waals surface area contributed by atoms with Crippen LogP contribution in [-0.4, -0.2) is 30.2 Å². The minimum Gasteiger partial charge on any atom is -0.378 e. The summed E-state index contributed by atoms with van der Waals surface area (Å²) in [5.74, 6) is 1.92. The van der Waals surface area contributed by atoms with E-state index in [-0.39, 0.29) is 5.41 Å². The number of hydrogen-bond donors (Lipinski definition) is 0. The van der Waals surface area contributed by atoms with Crippen LogP contribution < -0.4 is 4.90 Å². The Bertz CT molecular complexity index is 436. The molecule has 4 nitrogen and oxygen atoms in total. The number of hydrogen-bond acceptors (Lipinski definition) is 4. The van der Waals surface area contributed by atoms with Gasteiger partial charge in [0.05, 0.1) is 12.3 Å². The molecule has 0 bridgehead atoms. The second-order valence-corrected chi connectivity index (χ2v) is 6.42. The molecule has 0 atom stereocenters. The molecule has 1 aromatic rings. The average Bonchev–Trinajstić information content (AvgIpc) is 2.25. The first-order chi connectivity index (χ1) is 8.91. The van der Waals surface area contributed by atoms with Gasteiger partial charge >= 0.3 is 0 Å². The molecule has 0 saturated heterocycles. The van der Waals surface area contributed by atoms with E-state index in [1.807, 2.05) is 0 Å². The van der Waals surface area contributed by atoms with E-state index >= 15 is 0 Å². The van der Waals surface area contributed by atoms with Crippen LogP contribution in [0.5, 0.6) is 0 Å². The molecule has 0 radical (unpaired) electrons. The SMILES string of the molecule is COCc1cc(N(C)C2CCC2)nc(C(C)(C)C)n1. The van der Waals surface area contributed by atoms with Gasteiger partial charge in [0.1, 0.15) is 11.6 Å². The van der Waals surface area contributed by atoms with Crippen LogP contribution in [-0.2, 0) is 16.8 Å². The molecule has 19 heavy (non-hydrogen) atoms. The van der Waals surface area contributed by atoms with E-state index in [2.05, 4.69) is 43.8 Å². The fourth-order valence-electron chi connectivity index (χ4n) is 2.18. The highest BCUT2D eigenvalue weighted by Crippen LogP contribution is 2.29. The molecule has 1 fully saturated rings. The first kappa shape index (κ1) is 14.3. The van der Waals surface area contributed by atoms with Crippen LogP contribution in [0.25, 0.3) is 0 Å². The highest BCUT2D eigenvalue weighted by Gasteiger charge is 2.25. The van der Waals surface area contributed by atoms with Gasteiger partial charge < -0.3 is 9.64 Å². The minimum absolute atomic E-state index is 0.0427. The summed E-state index contributed by atoms with van der Waals surface area (Å²) in [6.45, 7) is 6.97. The molecule has 1 aliphatic carbocycles. The van der Waals surface area contributed by atoms with Gasteiger partial charge in [-0.05, 0) is 19.3 Å². The van der Waals surface area contributed by atoms with Crippen molar-refractivity contribution in [3.63, 3.8) is 0 Å². The van der Waals surface area contributed by atoms with Crippen LogP contribution in [0.3, 0.4) is 0 Å². The summed E-state index contributed by atoms with van der Waals surface area (Å²) in [7, 11) is 3.84. The van der Waals surface area contributed by atoms with Crippen molar-refractivity contribution in [3.8, 4) is 0 Å². The molecular weight excluding hydrogens is 238 g/mol. The molecule has 1 aromatic heterocycles. The number of rotatable bonds is 4. The monoisotopic (exact) mass is 263 g/mol. The summed E-state index contributed by atoms with van der Waals surface area (Å²) in [5, 5.41) is 0. The van der Waals surface area contributed by atoms with E-state index in [0.29, 0.717) is 12.6 Å². The molecule has 2 rings (SSSR count). The minimum atomic E-state index is -0.0427. The summed E-state index contributed by atoms with van der Waals surface area (Å²) < 4.78 is 5.22. The largest absolute Gasteiger partial charge is 0.378 e. The number of nitrogens with zero attached hydrogens (tertiary/aromatic N) is 3. The molecule has 0 amide bonds. The van der Waals surface area contributed by atoms with E-state index in [1.165, 1.54) is 19.3 Å². The Hall–Kier alpha value is -1.16. The van der Waals surface area contributed by atoms with E-state index in [9.17, 15) is 0 Å². The van der Waals surface area contributed by atoms with Gasteiger partial charge in [-0.15, -0.1) is 0 Å². The quantitative estimate of drug-likeness (QED) is 0.837. The van der Waals surface area contributed by atoms with Gasteiger partial charge in [-0.1, -0.05) is 20.8 Å². The Morgan fingerprint density at radius 3 is 2.47 bits per heavy atom. The Morgan fingerprint density at radius 1 is 1.32 bits per heavy atom. The van der Waals surface area contributed by atoms with Gasteiger partial charge in [-0.2, -0.15) is 0 Å². The Labute approximate surface area is 116 Å². The van der Waals surface area contributed by atoms with Crippen molar-refractivity contribution >= 4 is 5.82 Å². The third-order valence-corrected chi connectivity index (χ3v) is 3.71. The lowest BCUT2D eigenvalue weighted by Crippen LogP contribution is -2.38. The third kappa shape index (κ3) is 3.24. The third-order valence-electron chi connectivity index (χ3n) is 3.71.